The smallest absolute Gasteiger partial charge is 0.210 e. The van der Waals surface area contributed by atoms with Gasteiger partial charge in [-0.05, 0) is 34.8 Å². The van der Waals surface area contributed by atoms with Crippen LogP contribution in [0.3, 0.4) is 0 Å². The van der Waals surface area contributed by atoms with Crippen molar-refractivity contribution in [3.63, 3.8) is 0 Å². The van der Waals surface area contributed by atoms with Crippen LogP contribution in [-0.4, -0.2) is 24.8 Å². The number of benzene rings is 1. The summed E-state index contributed by atoms with van der Waals surface area (Å²) in [7, 11) is 1.83. The summed E-state index contributed by atoms with van der Waals surface area (Å²) in [5.74, 6) is 0.719. The van der Waals surface area contributed by atoms with Gasteiger partial charge in [0.2, 0.25) is 5.16 Å². The number of hydrogen-bond donors (Lipinski definition) is 0. The van der Waals surface area contributed by atoms with Gasteiger partial charge in [-0.3, -0.25) is 0 Å². The maximum Gasteiger partial charge on any atom is 0.210 e. The van der Waals surface area contributed by atoms with Crippen molar-refractivity contribution in [3.05, 3.63) is 28.2 Å². The fourth-order valence-electron chi connectivity index (χ4n) is 1.60. The average molecular weight is 295 g/mol. The van der Waals surface area contributed by atoms with Crippen molar-refractivity contribution in [2.75, 3.05) is 0 Å². The Bertz CT molecular complexity index is 741. The average Bonchev–Trinajstić information content (AvgIpc) is 2.90. The Hall–Kier alpha value is -1.25. The van der Waals surface area contributed by atoms with E-state index >= 15 is 0 Å². The number of aromatic nitrogens is 5. The fourth-order valence-corrected chi connectivity index (χ4v) is 3.92. The summed E-state index contributed by atoms with van der Waals surface area (Å²) in [5, 5.41) is 12.1. The van der Waals surface area contributed by atoms with E-state index in [0.29, 0.717) is 0 Å². The molecule has 5 nitrogen and oxygen atoms in total. The lowest BCUT2D eigenvalue weighted by Crippen LogP contribution is -1.97. The maximum atomic E-state index is 5.39. The van der Waals surface area contributed by atoms with Gasteiger partial charge in [0.1, 0.15) is 0 Å². The molecular weight excluding hydrogens is 286 g/mol. The Balaban J connectivity index is 1.93. The van der Waals surface area contributed by atoms with Crippen LogP contribution in [0.2, 0.25) is 0 Å². The standard InChI is InChI=1S/C10H9N5S3/c1-14-9(11-12-13-14)17-6-15-7-4-2-3-5-8(7)18-10(15)16/h2-5H,6H2,1H3. The third-order valence-corrected chi connectivity index (χ3v) is 4.90. The molecule has 0 aliphatic carbocycles. The van der Waals surface area contributed by atoms with Crippen molar-refractivity contribution in [3.8, 4) is 0 Å². The molecule has 3 aromatic rings. The Kier molecular flexibility index (Phi) is 3.14. The predicted molar refractivity (Wildman–Crippen MR) is 75.3 cm³/mol. The second-order valence-electron chi connectivity index (χ2n) is 3.62. The monoisotopic (exact) mass is 295 g/mol. The molecule has 0 atom stereocenters. The van der Waals surface area contributed by atoms with Crippen LogP contribution in [0.1, 0.15) is 0 Å². The van der Waals surface area contributed by atoms with Gasteiger partial charge in [-0.15, -0.1) is 16.4 Å². The maximum absolute atomic E-state index is 5.39. The molecule has 1 aromatic carbocycles. The van der Waals surface area contributed by atoms with Crippen molar-refractivity contribution in [2.45, 2.75) is 11.0 Å². The van der Waals surface area contributed by atoms with E-state index in [-0.39, 0.29) is 0 Å². The molecule has 18 heavy (non-hydrogen) atoms. The Morgan fingerprint density at radius 3 is 3.00 bits per heavy atom. The lowest BCUT2D eigenvalue weighted by atomic mass is 10.3. The molecule has 0 unspecified atom stereocenters. The van der Waals surface area contributed by atoms with Crippen molar-refractivity contribution >= 4 is 45.5 Å². The van der Waals surface area contributed by atoms with Gasteiger partial charge in [0.15, 0.2) is 3.95 Å². The predicted octanol–water partition coefficient (Wildman–Crippen LogP) is 2.71. The summed E-state index contributed by atoms with van der Waals surface area (Å²) in [4.78, 5) is 0. The topological polar surface area (TPSA) is 48.5 Å². The minimum atomic E-state index is 0.719. The highest BCUT2D eigenvalue weighted by molar-refractivity contribution is 7.98. The molecule has 92 valence electrons. The van der Waals surface area contributed by atoms with Crippen LogP contribution < -0.4 is 0 Å². The second-order valence-corrected chi connectivity index (χ2v) is 6.21. The molecule has 0 fully saturated rings. The van der Waals surface area contributed by atoms with Crippen LogP contribution in [-0.2, 0) is 12.9 Å². The van der Waals surface area contributed by atoms with Crippen molar-refractivity contribution < 1.29 is 0 Å². The zero-order valence-electron chi connectivity index (χ0n) is 9.48. The summed E-state index contributed by atoms with van der Waals surface area (Å²) in [6.07, 6.45) is 0. The molecule has 0 N–H and O–H groups in total. The summed E-state index contributed by atoms with van der Waals surface area (Å²) < 4.78 is 5.84. The van der Waals surface area contributed by atoms with Gasteiger partial charge in [0.05, 0.1) is 16.1 Å². The summed E-state index contributed by atoms with van der Waals surface area (Å²) in [6, 6.07) is 8.21. The Morgan fingerprint density at radius 2 is 2.22 bits per heavy atom. The Labute approximate surface area is 116 Å². The third-order valence-electron chi connectivity index (χ3n) is 2.48. The van der Waals surface area contributed by atoms with Gasteiger partial charge in [-0.25, -0.2) is 4.68 Å². The molecule has 0 radical (unpaired) electrons. The number of para-hydroxylation sites is 1. The number of rotatable bonds is 3. The van der Waals surface area contributed by atoms with Gasteiger partial charge in [0.25, 0.3) is 0 Å². The van der Waals surface area contributed by atoms with E-state index in [0.717, 1.165) is 20.5 Å². The van der Waals surface area contributed by atoms with E-state index in [4.69, 9.17) is 12.2 Å². The minimum Gasteiger partial charge on any atom is -0.313 e. The minimum absolute atomic E-state index is 0.719. The molecule has 0 saturated carbocycles. The quantitative estimate of drug-likeness (QED) is 0.549. The number of hydrogen-bond acceptors (Lipinski definition) is 6. The first-order valence-corrected chi connectivity index (χ1v) is 7.40. The molecular formula is C10H9N5S3. The van der Waals surface area contributed by atoms with Crippen molar-refractivity contribution in [1.82, 2.24) is 24.8 Å². The molecule has 3 rings (SSSR count). The van der Waals surface area contributed by atoms with E-state index in [1.165, 1.54) is 4.70 Å². The first-order valence-electron chi connectivity index (χ1n) is 5.19. The van der Waals surface area contributed by atoms with E-state index in [9.17, 15) is 0 Å². The number of thioether (sulfide) groups is 1. The summed E-state index contributed by atoms with van der Waals surface area (Å²) in [6.45, 7) is 0. The zero-order valence-corrected chi connectivity index (χ0v) is 11.9. The lowest BCUT2D eigenvalue weighted by Gasteiger charge is -2.03. The first-order chi connectivity index (χ1) is 8.75. The van der Waals surface area contributed by atoms with E-state index in [1.54, 1.807) is 27.8 Å². The molecule has 0 amide bonds. The van der Waals surface area contributed by atoms with Gasteiger partial charge in [-0.1, -0.05) is 23.9 Å². The Morgan fingerprint density at radius 1 is 1.39 bits per heavy atom. The normalized spacial score (nSPS) is 11.2. The first kappa shape index (κ1) is 11.8. The van der Waals surface area contributed by atoms with E-state index < -0.39 is 0 Å². The van der Waals surface area contributed by atoms with Crippen LogP contribution in [0.25, 0.3) is 10.2 Å². The SMILES string of the molecule is Cn1nnnc1SCn1c(=S)sc2ccccc21. The van der Waals surface area contributed by atoms with Crippen LogP contribution >= 0.6 is 35.3 Å². The number of aryl methyl sites for hydroxylation is 1. The summed E-state index contributed by atoms with van der Waals surface area (Å²) >= 11 is 8.59. The van der Waals surface area contributed by atoms with Crippen LogP contribution in [0, 0.1) is 3.95 Å². The molecule has 8 heteroatoms. The van der Waals surface area contributed by atoms with Crippen LogP contribution in [0.4, 0.5) is 0 Å². The second kappa shape index (κ2) is 4.79. The molecule has 0 aliphatic rings. The van der Waals surface area contributed by atoms with Gasteiger partial charge < -0.3 is 4.57 Å². The highest BCUT2D eigenvalue weighted by Gasteiger charge is 2.07. The summed E-state index contributed by atoms with van der Waals surface area (Å²) in [5.41, 5.74) is 1.16. The lowest BCUT2D eigenvalue weighted by molar-refractivity contribution is 0.663. The van der Waals surface area contributed by atoms with E-state index in [1.807, 2.05) is 19.2 Å². The number of thiazole rings is 1. The number of tetrazole rings is 1. The number of fused-ring (bicyclic) bond motifs is 1. The van der Waals surface area contributed by atoms with Crippen molar-refractivity contribution in [1.29, 1.82) is 0 Å². The van der Waals surface area contributed by atoms with Crippen molar-refractivity contribution in [2.24, 2.45) is 7.05 Å². The van der Waals surface area contributed by atoms with Gasteiger partial charge >= 0.3 is 0 Å². The van der Waals surface area contributed by atoms with Crippen LogP contribution in [0.5, 0.6) is 0 Å². The molecule has 0 aliphatic heterocycles. The third kappa shape index (κ3) is 2.06. The highest BCUT2D eigenvalue weighted by atomic mass is 32.2. The molecule has 0 bridgehead atoms. The van der Waals surface area contributed by atoms with Crippen LogP contribution in [0.15, 0.2) is 29.4 Å². The molecule has 0 saturated heterocycles. The largest absolute Gasteiger partial charge is 0.313 e. The number of nitrogens with zero attached hydrogens (tertiary/aromatic N) is 5. The molecule has 2 heterocycles. The molecule has 0 spiro atoms. The van der Waals surface area contributed by atoms with Gasteiger partial charge in [0, 0.05) is 7.05 Å². The van der Waals surface area contributed by atoms with Gasteiger partial charge in [-0.2, -0.15) is 0 Å². The zero-order chi connectivity index (χ0) is 12.5. The highest BCUT2D eigenvalue weighted by Crippen LogP contribution is 2.26. The van der Waals surface area contributed by atoms with E-state index in [2.05, 4.69) is 32.2 Å². The molecule has 2 aromatic heterocycles. The fraction of sp³-hybridized carbons (Fsp3) is 0.200.